The fourth-order valence-corrected chi connectivity index (χ4v) is 1.82. The summed E-state index contributed by atoms with van der Waals surface area (Å²) >= 11 is 3.36. The predicted molar refractivity (Wildman–Crippen MR) is 71.1 cm³/mol. The van der Waals surface area contributed by atoms with Crippen LogP contribution in [-0.2, 0) is 9.53 Å². The number of rotatable bonds is 5. The lowest BCUT2D eigenvalue weighted by molar-refractivity contribution is -0.147. The van der Waals surface area contributed by atoms with Crippen LogP contribution in [0.2, 0.25) is 0 Å². The molecule has 100 valence electrons. The highest BCUT2D eigenvalue weighted by Crippen LogP contribution is 2.24. The summed E-state index contributed by atoms with van der Waals surface area (Å²) in [4.78, 5) is 11.2. The lowest BCUT2D eigenvalue weighted by Gasteiger charge is -2.18. The van der Waals surface area contributed by atoms with Crippen molar-refractivity contribution in [1.29, 1.82) is 0 Å². The van der Waals surface area contributed by atoms with Crippen molar-refractivity contribution in [2.75, 3.05) is 6.61 Å². The number of benzene rings is 1. The second kappa shape index (κ2) is 6.87. The molecule has 18 heavy (non-hydrogen) atoms. The summed E-state index contributed by atoms with van der Waals surface area (Å²) in [6.45, 7) is 3.84. The van der Waals surface area contributed by atoms with Crippen LogP contribution in [0.4, 0.5) is 0 Å². The van der Waals surface area contributed by atoms with Crippen molar-refractivity contribution < 1.29 is 19.7 Å². The van der Waals surface area contributed by atoms with Crippen LogP contribution in [-0.4, -0.2) is 28.9 Å². The van der Waals surface area contributed by atoms with Crippen molar-refractivity contribution in [3.8, 4) is 0 Å². The molecule has 0 aliphatic carbocycles. The van der Waals surface area contributed by atoms with Crippen molar-refractivity contribution in [3.63, 3.8) is 0 Å². The zero-order chi connectivity index (χ0) is 13.7. The SMILES string of the molecule is CCOC(=O)CC(O)C(O)c1ccc(Br)c(C)c1. The number of esters is 1. The monoisotopic (exact) mass is 316 g/mol. The Kier molecular flexibility index (Phi) is 5.78. The summed E-state index contributed by atoms with van der Waals surface area (Å²) in [5.74, 6) is -0.516. The van der Waals surface area contributed by atoms with Gasteiger partial charge in [0.25, 0.3) is 0 Å². The van der Waals surface area contributed by atoms with E-state index in [1.54, 1.807) is 25.1 Å². The Morgan fingerprint density at radius 2 is 2.11 bits per heavy atom. The van der Waals surface area contributed by atoms with E-state index in [-0.39, 0.29) is 13.0 Å². The molecular weight excluding hydrogens is 300 g/mol. The molecule has 4 nitrogen and oxygen atoms in total. The van der Waals surface area contributed by atoms with Crippen molar-refractivity contribution in [2.24, 2.45) is 0 Å². The van der Waals surface area contributed by atoms with E-state index < -0.39 is 18.2 Å². The van der Waals surface area contributed by atoms with Gasteiger partial charge < -0.3 is 14.9 Å². The molecule has 0 heterocycles. The molecule has 0 spiro atoms. The molecule has 1 rings (SSSR count). The Hall–Kier alpha value is -0.910. The van der Waals surface area contributed by atoms with Gasteiger partial charge in [-0.1, -0.05) is 28.1 Å². The molecule has 0 saturated carbocycles. The number of hydrogen-bond donors (Lipinski definition) is 2. The summed E-state index contributed by atoms with van der Waals surface area (Å²) < 4.78 is 5.65. The number of carbonyl (C=O) groups is 1. The first kappa shape index (κ1) is 15.1. The number of ether oxygens (including phenoxy) is 1. The fourth-order valence-electron chi connectivity index (χ4n) is 1.58. The number of aryl methyl sites for hydroxylation is 1. The maximum Gasteiger partial charge on any atom is 0.308 e. The lowest BCUT2D eigenvalue weighted by atomic mass is 10.0. The van der Waals surface area contributed by atoms with Crippen LogP contribution in [0, 0.1) is 6.92 Å². The molecule has 1 aromatic carbocycles. The van der Waals surface area contributed by atoms with Gasteiger partial charge in [-0.05, 0) is 31.0 Å². The van der Waals surface area contributed by atoms with Crippen LogP contribution < -0.4 is 0 Å². The third-order valence-corrected chi connectivity index (χ3v) is 3.46. The number of carbonyl (C=O) groups excluding carboxylic acids is 1. The minimum Gasteiger partial charge on any atom is -0.466 e. The Balaban J connectivity index is 2.70. The van der Waals surface area contributed by atoms with Crippen molar-refractivity contribution in [2.45, 2.75) is 32.5 Å². The molecular formula is C13H17BrO4. The molecule has 1 aromatic rings. The minimum absolute atomic E-state index is 0.218. The van der Waals surface area contributed by atoms with Gasteiger partial charge >= 0.3 is 5.97 Å². The molecule has 2 atom stereocenters. The molecule has 0 aliphatic rings. The van der Waals surface area contributed by atoms with Crippen LogP contribution in [0.1, 0.15) is 30.6 Å². The summed E-state index contributed by atoms with van der Waals surface area (Å²) in [7, 11) is 0. The molecule has 0 fully saturated rings. The highest BCUT2D eigenvalue weighted by atomic mass is 79.9. The van der Waals surface area contributed by atoms with Crippen LogP contribution in [0.25, 0.3) is 0 Å². The standard InChI is InChI=1S/C13H17BrO4/c1-3-18-12(16)7-11(15)13(17)9-4-5-10(14)8(2)6-9/h4-6,11,13,15,17H,3,7H2,1-2H3. The van der Waals surface area contributed by atoms with Gasteiger partial charge in [0.1, 0.15) is 6.10 Å². The second-order valence-corrected chi connectivity index (χ2v) is 4.88. The highest BCUT2D eigenvalue weighted by molar-refractivity contribution is 9.10. The lowest BCUT2D eigenvalue weighted by Crippen LogP contribution is -2.23. The van der Waals surface area contributed by atoms with E-state index in [0.29, 0.717) is 5.56 Å². The Bertz CT molecular complexity index is 419. The molecule has 2 N–H and O–H groups in total. The van der Waals surface area contributed by atoms with Gasteiger partial charge in [0.05, 0.1) is 19.1 Å². The molecule has 5 heteroatoms. The summed E-state index contributed by atoms with van der Waals surface area (Å²) in [5.41, 5.74) is 1.53. The molecule has 0 amide bonds. The number of halogens is 1. The molecule has 0 radical (unpaired) electrons. The maximum absolute atomic E-state index is 11.2. The van der Waals surface area contributed by atoms with E-state index in [1.807, 2.05) is 6.92 Å². The fraction of sp³-hybridized carbons (Fsp3) is 0.462. The maximum atomic E-state index is 11.2. The topological polar surface area (TPSA) is 66.8 Å². The van der Waals surface area contributed by atoms with E-state index in [4.69, 9.17) is 4.74 Å². The van der Waals surface area contributed by atoms with E-state index >= 15 is 0 Å². The van der Waals surface area contributed by atoms with Crippen molar-refractivity contribution >= 4 is 21.9 Å². The van der Waals surface area contributed by atoms with Gasteiger partial charge in [-0.2, -0.15) is 0 Å². The van der Waals surface area contributed by atoms with Crippen LogP contribution >= 0.6 is 15.9 Å². The van der Waals surface area contributed by atoms with Gasteiger partial charge in [0.2, 0.25) is 0 Å². The van der Waals surface area contributed by atoms with Gasteiger partial charge in [0.15, 0.2) is 0 Å². The van der Waals surface area contributed by atoms with Crippen LogP contribution in [0.15, 0.2) is 22.7 Å². The van der Waals surface area contributed by atoms with Crippen LogP contribution in [0.5, 0.6) is 0 Å². The van der Waals surface area contributed by atoms with Gasteiger partial charge in [-0.15, -0.1) is 0 Å². The molecule has 0 saturated heterocycles. The predicted octanol–water partition coefficient (Wildman–Crippen LogP) is 2.11. The quantitative estimate of drug-likeness (QED) is 0.816. The normalized spacial score (nSPS) is 14.1. The molecule has 2 unspecified atom stereocenters. The highest BCUT2D eigenvalue weighted by Gasteiger charge is 2.22. The molecule has 0 aromatic heterocycles. The van der Waals surface area contributed by atoms with E-state index in [9.17, 15) is 15.0 Å². The number of aliphatic hydroxyl groups excluding tert-OH is 2. The van der Waals surface area contributed by atoms with Gasteiger partial charge in [-0.3, -0.25) is 4.79 Å². The third kappa shape index (κ3) is 4.08. The first-order valence-corrected chi connectivity index (χ1v) is 6.52. The minimum atomic E-state index is -1.16. The van der Waals surface area contributed by atoms with Crippen LogP contribution in [0.3, 0.4) is 0 Å². The average Bonchev–Trinajstić information content (AvgIpc) is 2.32. The first-order valence-electron chi connectivity index (χ1n) is 5.73. The first-order chi connectivity index (χ1) is 8.45. The average molecular weight is 317 g/mol. The number of hydrogen-bond acceptors (Lipinski definition) is 4. The van der Waals surface area contributed by atoms with E-state index in [1.165, 1.54) is 0 Å². The van der Waals surface area contributed by atoms with Gasteiger partial charge in [0, 0.05) is 4.47 Å². The van der Waals surface area contributed by atoms with Gasteiger partial charge in [-0.25, -0.2) is 0 Å². The second-order valence-electron chi connectivity index (χ2n) is 4.03. The Morgan fingerprint density at radius 3 is 2.67 bits per heavy atom. The largest absolute Gasteiger partial charge is 0.466 e. The Labute approximate surface area is 115 Å². The summed E-state index contributed by atoms with van der Waals surface area (Å²) in [5, 5.41) is 19.7. The smallest absolute Gasteiger partial charge is 0.308 e. The van der Waals surface area contributed by atoms with Crippen molar-refractivity contribution in [1.82, 2.24) is 0 Å². The zero-order valence-electron chi connectivity index (χ0n) is 10.4. The summed E-state index contributed by atoms with van der Waals surface area (Å²) in [6, 6.07) is 5.27. The molecule has 0 aliphatic heterocycles. The summed E-state index contributed by atoms with van der Waals surface area (Å²) in [6.07, 6.45) is -2.48. The van der Waals surface area contributed by atoms with E-state index in [2.05, 4.69) is 15.9 Å². The third-order valence-electron chi connectivity index (χ3n) is 2.57. The zero-order valence-corrected chi connectivity index (χ0v) is 12.0. The number of aliphatic hydroxyl groups is 2. The van der Waals surface area contributed by atoms with Crippen molar-refractivity contribution in [3.05, 3.63) is 33.8 Å². The molecule has 0 bridgehead atoms. The van der Waals surface area contributed by atoms with E-state index in [0.717, 1.165) is 10.0 Å². The Morgan fingerprint density at radius 1 is 1.44 bits per heavy atom.